The molecule has 0 bridgehead atoms. The zero-order valence-electron chi connectivity index (χ0n) is 15.8. The maximum atomic E-state index is 12.3. The van der Waals surface area contributed by atoms with Gasteiger partial charge in [-0.05, 0) is 63.5 Å². The second-order valence-corrected chi connectivity index (χ2v) is 17.4. The van der Waals surface area contributed by atoms with Crippen LogP contribution >= 0.6 is 0 Å². The smallest absolute Gasteiger partial charge is 0.323 e. The molecule has 0 aromatic rings. The average molecular weight is 361 g/mol. The third kappa shape index (κ3) is 4.90. The first-order valence-corrected chi connectivity index (χ1v) is 14.8. The van der Waals surface area contributed by atoms with E-state index in [-0.39, 0.29) is 11.8 Å². The van der Waals surface area contributed by atoms with E-state index >= 15 is 0 Å². The number of rotatable bonds is 6. The van der Waals surface area contributed by atoms with Crippen LogP contribution in [0.15, 0.2) is 0 Å². The van der Waals surface area contributed by atoms with Gasteiger partial charge in [-0.3, -0.25) is 9.59 Å². The van der Waals surface area contributed by atoms with E-state index in [2.05, 4.69) is 39.7 Å². The molecule has 1 saturated carbocycles. The van der Waals surface area contributed by atoms with E-state index in [0.717, 1.165) is 6.04 Å². The summed E-state index contributed by atoms with van der Waals surface area (Å²) in [5.41, 5.74) is -1.14. The Morgan fingerprint density at radius 1 is 1.00 bits per heavy atom. The molecule has 1 fully saturated rings. The molecule has 0 radical (unpaired) electrons. The van der Waals surface area contributed by atoms with Gasteiger partial charge in [0.15, 0.2) is 22.0 Å². The predicted octanol–water partition coefficient (Wildman–Crippen LogP) is 3.42. The number of hydrogen-bond donors (Lipinski definition) is 0. The Kier molecular flexibility index (Phi) is 6.26. The van der Waals surface area contributed by atoms with Gasteiger partial charge in [-0.1, -0.05) is 6.92 Å². The van der Waals surface area contributed by atoms with Gasteiger partial charge in [-0.25, -0.2) is 0 Å². The van der Waals surface area contributed by atoms with E-state index in [1.54, 1.807) is 0 Å². The molecule has 0 aromatic carbocycles. The number of methoxy groups -OCH3 is 2. The fourth-order valence-corrected chi connectivity index (χ4v) is 12.8. The molecule has 0 spiro atoms. The highest BCUT2D eigenvalue weighted by molar-refractivity contribution is 6.84. The Bertz CT molecular complexity index is 440. The molecule has 1 aliphatic rings. The molecule has 2 atom stereocenters. The van der Waals surface area contributed by atoms with Gasteiger partial charge in [0.25, 0.3) is 0 Å². The molecule has 7 heteroatoms. The molecule has 1 rings (SSSR count). The number of hydrogen-bond acceptors (Lipinski definition) is 5. The molecule has 0 aliphatic heterocycles. The van der Waals surface area contributed by atoms with Crippen LogP contribution in [0.4, 0.5) is 0 Å². The summed E-state index contributed by atoms with van der Waals surface area (Å²) < 4.78 is 16.3. The van der Waals surface area contributed by atoms with E-state index in [1.165, 1.54) is 14.2 Å². The summed E-state index contributed by atoms with van der Waals surface area (Å²) in [4.78, 5) is 24.6. The molecule has 5 nitrogen and oxygen atoms in total. The van der Waals surface area contributed by atoms with Gasteiger partial charge < -0.3 is 13.6 Å². The van der Waals surface area contributed by atoms with Crippen molar-refractivity contribution in [1.29, 1.82) is 0 Å². The minimum atomic E-state index is -1.84. The van der Waals surface area contributed by atoms with Crippen LogP contribution in [0.3, 0.4) is 0 Å². The van der Waals surface area contributed by atoms with E-state index in [1.807, 2.05) is 0 Å². The highest BCUT2D eigenvalue weighted by atomic mass is 28.4. The standard InChI is InChI=1S/C16H32O5Si2/c1-12-9-16(14(17)19-2,15(18)20-3)10-13(12)11-23(7,8)21-22(4,5)6/h12-13H,9-11H2,1-8H3/t12-,13+/m1/s1. The Morgan fingerprint density at radius 3 is 1.87 bits per heavy atom. The molecule has 23 heavy (non-hydrogen) atoms. The van der Waals surface area contributed by atoms with E-state index in [0.29, 0.717) is 12.8 Å². The van der Waals surface area contributed by atoms with Crippen LogP contribution in [-0.4, -0.2) is 42.8 Å². The minimum Gasteiger partial charge on any atom is -0.468 e. The van der Waals surface area contributed by atoms with Crippen molar-refractivity contribution in [2.75, 3.05) is 14.2 Å². The van der Waals surface area contributed by atoms with Crippen LogP contribution in [0.25, 0.3) is 0 Å². The second-order valence-electron chi connectivity index (χ2n) is 8.39. The molecular weight excluding hydrogens is 328 g/mol. The summed E-state index contributed by atoms with van der Waals surface area (Å²) in [5.74, 6) is -0.384. The fourth-order valence-electron chi connectivity index (χ4n) is 4.03. The molecule has 0 aromatic heterocycles. The normalized spacial score (nSPS) is 24.3. The van der Waals surface area contributed by atoms with Crippen molar-refractivity contribution in [2.45, 2.75) is 58.5 Å². The lowest BCUT2D eigenvalue weighted by molar-refractivity contribution is -0.169. The van der Waals surface area contributed by atoms with Crippen LogP contribution < -0.4 is 0 Å². The highest BCUT2D eigenvalue weighted by Crippen LogP contribution is 2.50. The van der Waals surface area contributed by atoms with Gasteiger partial charge in [-0.2, -0.15) is 0 Å². The monoisotopic (exact) mass is 360 g/mol. The molecule has 0 heterocycles. The maximum absolute atomic E-state index is 12.3. The largest absolute Gasteiger partial charge is 0.468 e. The van der Waals surface area contributed by atoms with E-state index in [4.69, 9.17) is 13.6 Å². The third-order valence-corrected chi connectivity index (χ3v) is 10.7. The number of ether oxygens (including phenoxy) is 2. The number of carbonyl (C=O) groups is 2. The minimum absolute atomic E-state index is 0.269. The molecule has 134 valence electrons. The highest BCUT2D eigenvalue weighted by Gasteiger charge is 2.56. The molecule has 0 unspecified atom stereocenters. The molecule has 0 amide bonds. The maximum Gasteiger partial charge on any atom is 0.323 e. The summed E-state index contributed by atoms with van der Waals surface area (Å²) in [6.45, 7) is 13.2. The molecular formula is C16H32O5Si2. The Hall–Kier alpha value is -0.666. The Labute approximate surface area is 142 Å². The van der Waals surface area contributed by atoms with Crippen molar-refractivity contribution in [2.24, 2.45) is 17.3 Å². The second kappa shape index (κ2) is 7.07. The zero-order valence-corrected chi connectivity index (χ0v) is 17.8. The summed E-state index contributed by atoms with van der Waals surface area (Å²) in [6, 6.07) is 0.953. The summed E-state index contributed by atoms with van der Waals surface area (Å²) >= 11 is 0. The lowest BCUT2D eigenvalue weighted by Gasteiger charge is -2.34. The first-order chi connectivity index (χ1) is 10.4. The van der Waals surface area contributed by atoms with Crippen molar-refractivity contribution in [3.8, 4) is 0 Å². The predicted molar refractivity (Wildman–Crippen MR) is 95.1 cm³/mol. The van der Waals surface area contributed by atoms with Crippen molar-refractivity contribution in [3.63, 3.8) is 0 Å². The topological polar surface area (TPSA) is 61.8 Å². The van der Waals surface area contributed by atoms with Crippen LogP contribution in [0.2, 0.25) is 38.8 Å². The molecule has 1 aliphatic carbocycles. The summed E-state index contributed by atoms with van der Waals surface area (Å²) in [5, 5.41) is 0. The average Bonchev–Trinajstić information content (AvgIpc) is 2.71. The SMILES string of the molecule is COC(=O)C1(C(=O)OC)C[C@@H](C[Si](C)(C)O[Si](C)(C)C)[C@H](C)C1. The Balaban J connectivity index is 2.96. The lowest BCUT2D eigenvalue weighted by Crippen LogP contribution is -2.44. The van der Waals surface area contributed by atoms with Crippen LogP contribution in [-0.2, 0) is 23.2 Å². The Morgan fingerprint density at radius 2 is 1.48 bits per heavy atom. The summed E-state index contributed by atoms with van der Waals surface area (Å²) in [7, 11) is -0.779. The zero-order chi connectivity index (χ0) is 18.1. The van der Waals surface area contributed by atoms with Gasteiger partial charge in [0.2, 0.25) is 0 Å². The molecule has 0 N–H and O–H groups in total. The quantitative estimate of drug-likeness (QED) is 0.412. The van der Waals surface area contributed by atoms with Gasteiger partial charge >= 0.3 is 11.9 Å². The van der Waals surface area contributed by atoms with Gasteiger partial charge in [0, 0.05) is 0 Å². The van der Waals surface area contributed by atoms with Crippen molar-refractivity contribution >= 4 is 28.6 Å². The van der Waals surface area contributed by atoms with E-state index < -0.39 is 34.0 Å². The van der Waals surface area contributed by atoms with Crippen molar-refractivity contribution in [3.05, 3.63) is 0 Å². The lowest BCUT2D eigenvalue weighted by atomic mass is 9.85. The fraction of sp³-hybridized carbons (Fsp3) is 0.875. The number of carbonyl (C=O) groups excluding carboxylic acids is 2. The van der Waals surface area contributed by atoms with Gasteiger partial charge in [0.1, 0.15) is 0 Å². The molecule has 0 saturated heterocycles. The van der Waals surface area contributed by atoms with Crippen LogP contribution in [0, 0.1) is 17.3 Å². The van der Waals surface area contributed by atoms with Gasteiger partial charge in [-0.15, -0.1) is 0 Å². The van der Waals surface area contributed by atoms with Gasteiger partial charge in [0.05, 0.1) is 14.2 Å². The number of esters is 2. The first kappa shape index (κ1) is 20.4. The van der Waals surface area contributed by atoms with Crippen LogP contribution in [0.5, 0.6) is 0 Å². The first-order valence-electron chi connectivity index (χ1n) is 8.24. The summed E-state index contributed by atoms with van der Waals surface area (Å²) in [6.07, 6.45) is 0.993. The van der Waals surface area contributed by atoms with Crippen LogP contribution in [0.1, 0.15) is 19.8 Å². The van der Waals surface area contributed by atoms with E-state index in [9.17, 15) is 9.59 Å². The van der Waals surface area contributed by atoms with Crippen molar-refractivity contribution < 1.29 is 23.2 Å². The third-order valence-electron chi connectivity index (χ3n) is 4.57. The van der Waals surface area contributed by atoms with Crippen molar-refractivity contribution in [1.82, 2.24) is 0 Å².